The van der Waals surface area contributed by atoms with Crippen LogP contribution in [0.1, 0.15) is 0 Å². The second-order valence-electron chi connectivity index (χ2n) is 0. The second-order valence-corrected chi connectivity index (χ2v) is 0. The minimum Gasteiger partial charge on any atom is -0.269 e. The number of hydrogen-bond donors (Lipinski definition) is 0. The average Bonchev–Trinajstić information content (AvgIpc) is 2.03. The molecule has 0 heterocycles. The Hall–Kier alpha value is 0.239. The molecule has 0 aromatic heterocycles. The van der Waals surface area contributed by atoms with Crippen molar-refractivity contribution in [2.24, 2.45) is 0 Å². The van der Waals surface area contributed by atoms with E-state index in [0.29, 0.717) is 0 Å². The Morgan fingerprint density at radius 1 is 0.250 bits per heavy atom. The summed E-state index contributed by atoms with van der Waals surface area (Å²) in [5.74, 6) is 0. The Morgan fingerprint density at radius 3 is 0.250 bits per heavy atom. The Bertz CT molecular complexity index is 11.0. The van der Waals surface area contributed by atoms with E-state index in [-0.39, 0.29) is 18.8 Å². The van der Waals surface area contributed by atoms with Crippen LogP contribution in [-0.2, 0) is 0 Å². The van der Waals surface area contributed by atoms with Gasteiger partial charge in [0.15, 0.2) is 0 Å². The Balaban J connectivity index is -0.00000000267. The molecule has 0 aromatic carbocycles. The van der Waals surface area contributed by atoms with E-state index in [1.54, 1.807) is 0 Å². The summed E-state index contributed by atoms with van der Waals surface area (Å²) >= 11 is 0. The summed E-state index contributed by atoms with van der Waals surface area (Å²) in [6, 6.07) is 0. The maximum atomic E-state index is 4.00. The first-order valence-electron chi connectivity index (χ1n) is 1.33. The molecular formula is H4B8F4. The van der Waals surface area contributed by atoms with Crippen LogP contribution < -0.4 is 0 Å². The van der Waals surface area contributed by atoms with Crippen molar-refractivity contribution < 1.29 is 18.8 Å². The van der Waals surface area contributed by atoms with E-state index in [2.05, 4.69) is 61.9 Å². The summed E-state index contributed by atoms with van der Waals surface area (Å²) < 4.78 is 0. The Kier molecular flexibility index (Phi) is 147000. The molecule has 12 heavy (non-hydrogen) atoms. The number of halogens is 4. The molecule has 16 radical (unpaired) electrons. The van der Waals surface area contributed by atoms with Gasteiger partial charge in [-0.1, -0.05) is 0 Å². The molecule has 56 valence electrons. The lowest BCUT2D eigenvalue weighted by Crippen LogP contribution is -1.38. The van der Waals surface area contributed by atoms with Gasteiger partial charge in [-0.3, -0.25) is 18.8 Å². The minimum absolute atomic E-state index is 0. The van der Waals surface area contributed by atoms with E-state index >= 15 is 0 Å². The van der Waals surface area contributed by atoms with Gasteiger partial charge in [0.25, 0.3) is 0 Å². The minimum atomic E-state index is 0. The van der Waals surface area contributed by atoms with Crippen molar-refractivity contribution >= 4 is 61.9 Å². The molecular weight excluding hydrogens is 162 g/mol. The van der Waals surface area contributed by atoms with Gasteiger partial charge in [0.1, 0.15) is 0 Å². The van der Waals surface area contributed by atoms with Crippen LogP contribution in [-0.4, -0.2) is 61.9 Å². The highest BCUT2D eigenvalue weighted by molar-refractivity contribution is 6.76. The standard InChI is InChI=1S/4B2.4FH/c4*1-2;;;;/h;;;;4*1H. The quantitative estimate of drug-likeness (QED) is 0.277. The lowest BCUT2D eigenvalue weighted by Gasteiger charge is -1.00. The third-order valence-electron chi connectivity index (χ3n) is 0. The topological polar surface area (TPSA) is 0 Å². The van der Waals surface area contributed by atoms with E-state index in [9.17, 15) is 0 Å². The van der Waals surface area contributed by atoms with Crippen molar-refractivity contribution in [1.82, 2.24) is 0 Å². The molecule has 12 heteroatoms. The van der Waals surface area contributed by atoms with Gasteiger partial charge < -0.3 is 0 Å². The summed E-state index contributed by atoms with van der Waals surface area (Å²) in [4.78, 5) is 0. The molecule has 0 aliphatic carbocycles. The first-order chi connectivity index (χ1) is 4.00. The summed E-state index contributed by atoms with van der Waals surface area (Å²) in [6.07, 6.45) is 0. The number of hydrogen-bond acceptors (Lipinski definition) is 0. The molecule has 0 fully saturated rings. The van der Waals surface area contributed by atoms with Crippen LogP contribution in [0, 0.1) is 0 Å². The van der Waals surface area contributed by atoms with E-state index < -0.39 is 0 Å². The normalized spacial score (nSPS) is 1.33. The summed E-state index contributed by atoms with van der Waals surface area (Å²) in [7, 11) is 32.0. The zero-order chi connectivity index (χ0) is 8.00. The fourth-order valence-corrected chi connectivity index (χ4v) is 0. The zero-order valence-electron chi connectivity index (χ0n) is 6.25. The van der Waals surface area contributed by atoms with Crippen molar-refractivity contribution in [3.8, 4) is 0 Å². The monoisotopic (exact) mass is 168 g/mol. The Labute approximate surface area is 81.5 Å². The van der Waals surface area contributed by atoms with Crippen molar-refractivity contribution in [2.45, 2.75) is 0 Å². The van der Waals surface area contributed by atoms with E-state index in [4.69, 9.17) is 0 Å². The lowest BCUT2D eigenvalue weighted by molar-refractivity contribution is 1.11. The van der Waals surface area contributed by atoms with Crippen molar-refractivity contribution in [3.05, 3.63) is 0 Å². The molecule has 0 bridgehead atoms. The molecule has 0 aromatic rings. The molecule has 0 aliphatic heterocycles. The maximum absolute atomic E-state index is 4.00. The first kappa shape index (κ1) is 86.0. The maximum Gasteiger partial charge on any atom is 0 e. The highest BCUT2D eigenvalue weighted by Gasteiger charge is 1.01. The van der Waals surface area contributed by atoms with Gasteiger partial charge in [0, 0.05) is 61.9 Å². The molecule has 0 saturated carbocycles. The first-order valence-corrected chi connectivity index (χ1v) is 1.33. The molecule has 0 N–H and O–H groups in total. The van der Waals surface area contributed by atoms with Gasteiger partial charge >= 0.3 is 0 Å². The van der Waals surface area contributed by atoms with Crippen molar-refractivity contribution in [1.29, 1.82) is 0 Å². The van der Waals surface area contributed by atoms with E-state index in [1.165, 1.54) is 0 Å². The second kappa shape index (κ2) is 20500. The fraction of sp³-hybridized carbons (Fsp3) is 0. The third kappa shape index (κ3) is 15200. The smallest absolute Gasteiger partial charge is 0 e. The van der Waals surface area contributed by atoms with Gasteiger partial charge in [0.05, 0.1) is 0 Å². The third-order valence-corrected chi connectivity index (χ3v) is 0. The lowest BCUT2D eigenvalue weighted by atomic mass is 9.81. The molecule has 0 saturated heterocycles. The molecule has 0 spiro atoms. The molecule has 0 aliphatic rings. The van der Waals surface area contributed by atoms with Crippen LogP contribution >= 0.6 is 0 Å². The summed E-state index contributed by atoms with van der Waals surface area (Å²) in [5, 5.41) is 0. The van der Waals surface area contributed by atoms with Gasteiger partial charge in [-0.2, -0.15) is 0 Å². The van der Waals surface area contributed by atoms with Crippen LogP contribution in [0.5, 0.6) is 0 Å². The average molecular weight is 167 g/mol. The SMILES string of the molecule is F.F.F.F.[B][B].[B][B].[B][B].[B][B]. The van der Waals surface area contributed by atoms with Gasteiger partial charge in [-0.15, -0.1) is 0 Å². The molecule has 0 atom stereocenters. The summed E-state index contributed by atoms with van der Waals surface area (Å²) in [6.45, 7) is 0. The largest absolute Gasteiger partial charge is 0.269 e. The van der Waals surface area contributed by atoms with Gasteiger partial charge in [0.2, 0.25) is 0 Å². The van der Waals surface area contributed by atoms with Gasteiger partial charge in [-0.25, -0.2) is 0 Å². The van der Waals surface area contributed by atoms with Crippen LogP contribution in [0.4, 0.5) is 18.8 Å². The zero-order valence-corrected chi connectivity index (χ0v) is 6.25. The van der Waals surface area contributed by atoms with E-state index in [0.717, 1.165) is 0 Å². The van der Waals surface area contributed by atoms with Crippen molar-refractivity contribution in [3.63, 3.8) is 0 Å². The highest BCUT2D eigenvalue weighted by atomic mass is 19.0. The molecule has 0 rings (SSSR count). The van der Waals surface area contributed by atoms with E-state index in [1.807, 2.05) is 0 Å². The molecule has 0 nitrogen and oxygen atoms in total. The Morgan fingerprint density at radius 2 is 0.250 bits per heavy atom. The predicted molar refractivity (Wildman–Crippen MR) is 56.0 cm³/mol. The fourth-order valence-electron chi connectivity index (χ4n) is 0. The molecule has 0 unspecified atom stereocenters. The number of rotatable bonds is 0. The van der Waals surface area contributed by atoms with Gasteiger partial charge in [-0.05, 0) is 0 Å². The van der Waals surface area contributed by atoms with Crippen LogP contribution in [0.3, 0.4) is 0 Å². The highest BCUT2D eigenvalue weighted by Crippen LogP contribution is 0.625. The predicted octanol–water partition coefficient (Wildman–Crippen LogP) is -2.44. The van der Waals surface area contributed by atoms with Crippen LogP contribution in [0.2, 0.25) is 0 Å². The van der Waals surface area contributed by atoms with Crippen molar-refractivity contribution in [2.75, 3.05) is 0 Å². The van der Waals surface area contributed by atoms with Crippen LogP contribution in [0.15, 0.2) is 0 Å². The summed E-state index contributed by atoms with van der Waals surface area (Å²) in [5.41, 5.74) is 0. The molecule has 0 amide bonds. The van der Waals surface area contributed by atoms with Crippen LogP contribution in [0.25, 0.3) is 0 Å².